The first kappa shape index (κ1) is 15.8. The van der Waals surface area contributed by atoms with Crippen LogP contribution in [0.1, 0.15) is 12.5 Å². The van der Waals surface area contributed by atoms with Gasteiger partial charge in [0.2, 0.25) is 0 Å². The number of nitrogens with two attached hydrogens (primary N) is 1. The Morgan fingerprint density at radius 3 is 3.00 bits per heavy atom. The van der Waals surface area contributed by atoms with E-state index < -0.39 is 0 Å². The number of ether oxygens (including phenoxy) is 1. The minimum atomic E-state index is 0.382. The molecule has 2 rings (SSSR count). The largest absolute Gasteiger partial charge is 0.492 e. The molecule has 4 nitrogen and oxygen atoms in total. The molecular formula is C17H25N3O. The second-order valence-corrected chi connectivity index (χ2v) is 5.51. The Balaban J connectivity index is 1.78. The lowest BCUT2D eigenvalue weighted by Gasteiger charge is -2.37. The van der Waals surface area contributed by atoms with E-state index in [4.69, 9.17) is 10.5 Å². The van der Waals surface area contributed by atoms with Gasteiger partial charge in [0.15, 0.2) is 0 Å². The lowest BCUT2D eigenvalue weighted by atomic mass is 10.2. The van der Waals surface area contributed by atoms with Crippen LogP contribution in [-0.4, -0.2) is 62.2 Å². The van der Waals surface area contributed by atoms with Crippen molar-refractivity contribution in [1.82, 2.24) is 9.80 Å². The van der Waals surface area contributed by atoms with Crippen LogP contribution in [0.3, 0.4) is 0 Å². The van der Waals surface area contributed by atoms with Crippen LogP contribution in [0.25, 0.3) is 0 Å². The zero-order valence-electron chi connectivity index (χ0n) is 13.0. The Bertz CT molecular complexity index is 506. The molecule has 0 radical (unpaired) electrons. The highest BCUT2D eigenvalue weighted by Gasteiger charge is 2.19. The van der Waals surface area contributed by atoms with Gasteiger partial charge in [-0.3, -0.25) is 4.90 Å². The van der Waals surface area contributed by atoms with Gasteiger partial charge in [-0.05, 0) is 32.2 Å². The van der Waals surface area contributed by atoms with Crippen LogP contribution in [0.5, 0.6) is 5.75 Å². The maximum absolute atomic E-state index is 5.84. The Hall–Kier alpha value is -1.54. The van der Waals surface area contributed by atoms with Crippen molar-refractivity contribution in [3.05, 3.63) is 29.8 Å². The molecule has 21 heavy (non-hydrogen) atoms. The third-order valence-corrected chi connectivity index (χ3v) is 3.89. The molecule has 1 aromatic carbocycles. The van der Waals surface area contributed by atoms with Crippen molar-refractivity contribution in [1.29, 1.82) is 0 Å². The minimum absolute atomic E-state index is 0.382. The Morgan fingerprint density at radius 1 is 1.38 bits per heavy atom. The van der Waals surface area contributed by atoms with Crippen molar-refractivity contribution in [3.8, 4) is 17.6 Å². The van der Waals surface area contributed by atoms with E-state index >= 15 is 0 Å². The van der Waals surface area contributed by atoms with E-state index in [-0.39, 0.29) is 0 Å². The quantitative estimate of drug-likeness (QED) is 0.839. The van der Waals surface area contributed by atoms with E-state index in [1.807, 2.05) is 24.3 Å². The summed E-state index contributed by atoms with van der Waals surface area (Å²) in [7, 11) is 2.19. The van der Waals surface area contributed by atoms with Crippen molar-refractivity contribution in [3.63, 3.8) is 0 Å². The summed E-state index contributed by atoms with van der Waals surface area (Å²) < 4.78 is 5.84. The molecule has 0 aromatic heterocycles. The number of likely N-dealkylation sites (N-methyl/N-ethyl adjacent to an activating group) is 1. The van der Waals surface area contributed by atoms with Crippen LogP contribution in [0, 0.1) is 11.8 Å². The van der Waals surface area contributed by atoms with Gasteiger partial charge in [0, 0.05) is 37.8 Å². The van der Waals surface area contributed by atoms with Crippen LogP contribution >= 0.6 is 0 Å². The molecule has 1 saturated heterocycles. The standard InChI is InChI=1S/C17H25N3O/c1-15-14-20(10-9-19(15)2)11-12-21-17-7-3-5-16(13-17)6-4-8-18/h3,5,7,13,15H,8-12,14,18H2,1-2H3. The Kier molecular flexibility index (Phi) is 6.06. The molecule has 1 aromatic rings. The number of rotatable bonds is 4. The van der Waals surface area contributed by atoms with Crippen molar-refractivity contribution in [2.24, 2.45) is 5.73 Å². The first-order chi connectivity index (χ1) is 10.2. The predicted octanol–water partition coefficient (Wildman–Crippen LogP) is 1.01. The average Bonchev–Trinajstić information content (AvgIpc) is 2.49. The van der Waals surface area contributed by atoms with Gasteiger partial charge in [-0.1, -0.05) is 17.9 Å². The molecule has 1 atom stereocenters. The highest BCUT2D eigenvalue weighted by atomic mass is 16.5. The fourth-order valence-electron chi connectivity index (χ4n) is 2.44. The first-order valence-corrected chi connectivity index (χ1v) is 7.53. The molecular weight excluding hydrogens is 262 g/mol. The van der Waals surface area contributed by atoms with E-state index in [9.17, 15) is 0 Å². The zero-order valence-corrected chi connectivity index (χ0v) is 13.0. The maximum Gasteiger partial charge on any atom is 0.120 e. The van der Waals surface area contributed by atoms with Gasteiger partial charge >= 0.3 is 0 Å². The van der Waals surface area contributed by atoms with Gasteiger partial charge in [0.25, 0.3) is 0 Å². The molecule has 0 saturated carbocycles. The first-order valence-electron chi connectivity index (χ1n) is 7.53. The molecule has 1 heterocycles. The van der Waals surface area contributed by atoms with E-state index in [2.05, 4.69) is 35.6 Å². The Labute approximate surface area is 127 Å². The Morgan fingerprint density at radius 2 is 2.24 bits per heavy atom. The average molecular weight is 287 g/mol. The summed E-state index contributed by atoms with van der Waals surface area (Å²) in [6.07, 6.45) is 0. The number of hydrogen-bond acceptors (Lipinski definition) is 4. The second kappa shape index (κ2) is 8.04. The fraction of sp³-hybridized carbons (Fsp3) is 0.529. The molecule has 2 N–H and O–H groups in total. The molecule has 0 aliphatic carbocycles. The van der Waals surface area contributed by atoms with Gasteiger partial charge in [0.1, 0.15) is 12.4 Å². The summed E-state index contributed by atoms with van der Waals surface area (Å²) in [6, 6.07) is 8.50. The van der Waals surface area contributed by atoms with Gasteiger partial charge < -0.3 is 15.4 Å². The predicted molar refractivity (Wildman–Crippen MR) is 86.4 cm³/mol. The molecule has 1 unspecified atom stereocenters. The summed E-state index contributed by atoms with van der Waals surface area (Å²) in [5.41, 5.74) is 6.33. The highest BCUT2D eigenvalue weighted by molar-refractivity contribution is 5.39. The number of benzene rings is 1. The SMILES string of the molecule is CC1CN(CCOc2cccc(C#CCN)c2)CCN1C. The maximum atomic E-state index is 5.84. The van der Waals surface area contributed by atoms with E-state index in [1.54, 1.807) is 0 Å². The molecule has 1 aliphatic rings. The summed E-state index contributed by atoms with van der Waals surface area (Å²) in [4.78, 5) is 4.86. The van der Waals surface area contributed by atoms with Crippen molar-refractivity contribution >= 4 is 0 Å². The van der Waals surface area contributed by atoms with Gasteiger partial charge in [-0.25, -0.2) is 0 Å². The van der Waals surface area contributed by atoms with Crippen LogP contribution in [0.2, 0.25) is 0 Å². The van der Waals surface area contributed by atoms with Gasteiger partial charge in [-0.2, -0.15) is 0 Å². The number of nitrogens with zero attached hydrogens (tertiary/aromatic N) is 2. The lowest BCUT2D eigenvalue weighted by molar-refractivity contribution is 0.0928. The van der Waals surface area contributed by atoms with E-state index in [0.29, 0.717) is 19.2 Å². The smallest absolute Gasteiger partial charge is 0.120 e. The minimum Gasteiger partial charge on any atom is -0.492 e. The molecule has 4 heteroatoms. The van der Waals surface area contributed by atoms with Crippen LogP contribution < -0.4 is 10.5 Å². The summed E-state index contributed by atoms with van der Waals surface area (Å²) >= 11 is 0. The third-order valence-electron chi connectivity index (χ3n) is 3.89. The monoisotopic (exact) mass is 287 g/mol. The van der Waals surface area contributed by atoms with Crippen molar-refractivity contribution in [2.75, 3.05) is 46.4 Å². The van der Waals surface area contributed by atoms with E-state index in [1.165, 1.54) is 0 Å². The zero-order chi connectivity index (χ0) is 15.1. The van der Waals surface area contributed by atoms with Gasteiger partial charge in [0.05, 0.1) is 6.54 Å². The molecule has 0 spiro atoms. The van der Waals surface area contributed by atoms with Crippen LogP contribution in [0.15, 0.2) is 24.3 Å². The third kappa shape index (κ3) is 5.05. The highest BCUT2D eigenvalue weighted by Crippen LogP contribution is 2.13. The molecule has 0 amide bonds. The second-order valence-electron chi connectivity index (χ2n) is 5.51. The summed E-state index contributed by atoms with van der Waals surface area (Å²) in [6.45, 7) is 7.69. The fourth-order valence-corrected chi connectivity index (χ4v) is 2.44. The lowest BCUT2D eigenvalue weighted by Crippen LogP contribution is -2.50. The normalized spacial score (nSPS) is 19.9. The molecule has 1 fully saturated rings. The topological polar surface area (TPSA) is 41.7 Å². The van der Waals surface area contributed by atoms with E-state index in [0.717, 1.165) is 37.5 Å². The van der Waals surface area contributed by atoms with Crippen LogP contribution in [-0.2, 0) is 0 Å². The molecule has 0 bridgehead atoms. The molecule has 114 valence electrons. The number of piperazine rings is 1. The van der Waals surface area contributed by atoms with Gasteiger partial charge in [-0.15, -0.1) is 0 Å². The summed E-state index contributed by atoms with van der Waals surface area (Å²) in [5, 5.41) is 0. The van der Waals surface area contributed by atoms with Crippen LogP contribution in [0.4, 0.5) is 0 Å². The van der Waals surface area contributed by atoms with Crippen molar-refractivity contribution in [2.45, 2.75) is 13.0 Å². The number of hydrogen-bond donors (Lipinski definition) is 1. The molecule has 1 aliphatic heterocycles. The summed E-state index contributed by atoms with van der Waals surface area (Å²) in [5.74, 6) is 6.76. The van der Waals surface area contributed by atoms with Crippen molar-refractivity contribution < 1.29 is 4.74 Å².